The van der Waals surface area contributed by atoms with Crippen molar-refractivity contribution in [1.29, 1.82) is 0 Å². The zero-order valence-electron chi connectivity index (χ0n) is 7.08. The van der Waals surface area contributed by atoms with E-state index in [4.69, 9.17) is 11.6 Å². The predicted octanol–water partition coefficient (Wildman–Crippen LogP) is 3.04. The van der Waals surface area contributed by atoms with Crippen molar-refractivity contribution >= 4 is 38.5 Å². The van der Waals surface area contributed by atoms with Crippen molar-refractivity contribution in [3.05, 3.63) is 37.8 Å². The SMILES string of the molecule is Cc1c(Br)ccc([N+](=O)[O-])c1C(=O)Cl. The second-order valence-electron chi connectivity index (χ2n) is 2.60. The number of carbonyl (C=O) groups excluding carboxylic acids is 1. The average molecular weight is 278 g/mol. The Hall–Kier alpha value is -0.940. The summed E-state index contributed by atoms with van der Waals surface area (Å²) in [6, 6.07) is 2.75. The van der Waals surface area contributed by atoms with Gasteiger partial charge in [0, 0.05) is 10.5 Å². The summed E-state index contributed by atoms with van der Waals surface area (Å²) in [5.41, 5.74) is 0.135. The molecule has 0 aliphatic rings. The van der Waals surface area contributed by atoms with Crippen LogP contribution in [0.25, 0.3) is 0 Å². The molecule has 0 heterocycles. The van der Waals surface area contributed by atoms with Crippen LogP contribution in [0, 0.1) is 17.0 Å². The van der Waals surface area contributed by atoms with Gasteiger partial charge in [-0.05, 0) is 30.2 Å². The van der Waals surface area contributed by atoms with Crippen LogP contribution in [-0.4, -0.2) is 10.2 Å². The van der Waals surface area contributed by atoms with Gasteiger partial charge in [0.05, 0.1) is 4.92 Å². The summed E-state index contributed by atoms with van der Waals surface area (Å²) in [4.78, 5) is 20.9. The lowest BCUT2D eigenvalue weighted by Gasteiger charge is -2.03. The van der Waals surface area contributed by atoms with Gasteiger partial charge in [-0.3, -0.25) is 14.9 Å². The largest absolute Gasteiger partial charge is 0.281 e. The molecule has 0 atom stereocenters. The van der Waals surface area contributed by atoms with E-state index in [9.17, 15) is 14.9 Å². The Balaban J connectivity index is 3.53. The summed E-state index contributed by atoms with van der Waals surface area (Å²) in [6.45, 7) is 1.59. The molecular weight excluding hydrogens is 273 g/mol. The molecule has 0 saturated carbocycles. The maximum absolute atomic E-state index is 11.0. The van der Waals surface area contributed by atoms with E-state index in [0.717, 1.165) is 0 Å². The Morgan fingerprint density at radius 2 is 2.14 bits per heavy atom. The summed E-state index contributed by atoms with van der Waals surface area (Å²) in [5.74, 6) is 0. The van der Waals surface area contributed by atoms with E-state index in [0.29, 0.717) is 10.0 Å². The summed E-state index contributed by atoms with van der Waals surface area (Å²) in [5, 5.41) is 9.75. The quantitative estimate of drug-likeness (QED) is 0.474. The summed E-state index contributed by atoms with van der Waals surface area (Å²) >= 11 is 8.43. The van der Waals surface area contributed by atoms with Gasteiger partial charge in [0.15, 0.2) is 0 Å². The number of nitro groups is 1. The van der Waals surface area contributed by atoms with Gasteiger partial charge in [0.25, 0.3) is 10.9 Å². The van der Waals surface area contributed by atoms with Gasteiger partial charge in [-0.2, -0.15) is 0 Å². The zero-order valence-corrected chi connectivity index (χ0v) is 9.42. The zero-order chi connectivity index (χ0) is 10.9. The summed E-state index contributed by atoms with van der Waals surface area (Å²) < 4.78 is 0.618. The number of rotatable bonds is 2. The van der Waals surface area contributed by atoms with Crippen molar-refractivity contribution in [2.75, 3.05) is 0 Å². The Labute approximate surface area is 93.1 Å². The van der Waals surface area contributed by atoms with Crippen LogP contribution in [-0.2, 0) is 0 Å². The molecule has 4 nitrogen and oxygen atoms in total. The van der Waals surface area contributed by atoms with E-state index in [1.165, 1.54) is 12.1 Å². The molecule has 0 spiro atoms. The first kappa shape index (κ1) is 11.1. The smallest absolute Gasteiger partial charge is 0.275 e. The second kappa shape index (κ2) is 4.06. The van der Waals surface area contributed by atoms with Gasteiger partial charge in [-0.25, -0.2) is 0 Å². The second-order valence-corrected chi connectivity index (χ2v) is 3.79. The molecule has 0 aromatic heterocycles. The average Bonchev–Trinajstić information content (AvgIpc) is 2.08. The van der Waals surface area contributed by atoms with Crippen molar-refractivity contribution in [2.45, 2.75) is 6.92 Å². The highest BCUT2D eigenvalue weighted by atomic mass is 79.9. The minimum atomic E-state index is -0.824. The maximum atomic E-state index is 11.0. The number of nitrogens with zero attached hydrogens (tertiary/aromatic N) is 1. The fourth-order valence-electron chi connectivity index (χ4n) is 1.07. The van der Waals surface area contributed by atoms with Crippen molar-refractivity contribution in [3.8, 4) is 0 Å². The maximum Gasteiger partial charge on any atom is 0.281 e. The first-order valence-corrected chi connectivity index (χ1v) is 4.75. The highest BCUT2D eigenvalue weighted by Gasteiger charge is 2.22. The molecule has 0 aliphatic heterocycles. The molecule has 0 N–H and O–H groups in total. The van der Waals surface area contributed by atoms with Gasteiger partial charge >= 0.3 is 0 Å². The van der Waals surface area contributed by atoms with Crippen molar-refractivity contribution < 1.29 is 9.72 Å². The Kier molecular flexibility index (Phi) is 3.23. The van der Waals surface area contributed by atoms with Crippen molar-refractivity contribution in [1.82, 2.24) is 0 Å². The van der Waals surface area contributed by atoms with Crippen LogP contribution in [0.1, 0.15) is 15.9 Å². The highest BCUT2D eigenvalue weighted by molar-refractivity contribution is 9.10. The molecule has 1 aromatic rings. The van der Waals surface area contributed by atoms with E-state index in [-0.39, 0.29) is 11.3 Å². The molecule has 0 aliphatic carbocycles. The Morgan fingerprint density at radius 1 is 1.57 bits per heavy atom. The minimum absolute atomic E-state index is 0.0639. The first-order chi connectivity index (χ1) is 6.45. The molecule has 0 amide bonds. The number of hydrogen-bond acceptors (Lipinski definition) is 3. The minimum Gasteiger partial charge on any atom is -0.275 e. The molecule has 74 valence electrons. The van der Waals surface area contributed by atoms with Crippen LogP contribution in [0.5, 0.6) is 0 Å². The standard InChI is InChI=1S/C8H5BrClNO3/c1-4-5(9)2-3-6(11(13)14)7(4)8(10)12/h2-3H,1H3. The molecule has 0 fully saturated rings. The van der Waals surface area contributed by atoms with E-state index in [1.54, 1.807) is 6.92 Å². The van der Waals surface area contributed by atoms with Crippen LogP contribution in [0.2, 0.25) is 0 Å². The predicted molar refractivity (Wildman–Crippen MR) is 55.7 cm³/mol. The van der Waals surface area contributed by atoms with Crippen LogP contribution in [0.3, 0.4) is 0 Å². The number of benzene rings is 1. The van der Waals surface area contributed by atoms with E-state index < -0.39 is 10.2 Å². The lowest BCUT2D eigenvalue weighted by Crippen LogP contribution is -2.01. The molecule has 1 aromatic carbocycles. The van der Waals surface area contributed by atoms with Crippen LogP contribution in [0.15, 0.2) is 16.6 Å². The fraction of sp³-hybridized carbons (Fsp3) is 0.125. The third-order valence-electron chi connectivity index (χ3n) is 1.77. The van der Waals surface area contributed by atoms with Gasteiger partial charge in [-0.15, -0.1) is 0 Å². The third-order valence-corrected chi connectivity index (χ3v) is 2.82. The fourth-order valence-corrected chi connectivity index (χ4v) is 1.64. The molecular formula is C8H5BrClNO3. The molecule has 0 bridgehead atoms. The highest BCUT2D eigenvalue weighted by Crippen LogP contribution is 2.29. The number of carbonyl (C=O) groups is 1. The monoisotopic (exact) mass is 277 g/mol. The van der Waals surface area contributed by atoms with Crippen molar-refractivity contribution in [3.63, 3.8) is 0 Å². The van der Waals surface area contributed by atoms with Crippen LogP contribution in [0.4, 0.5) is 5.69 Å². The summed E-state index contributed by atoms with van der Waals surface area (Å²) in [6.07, 6.45) is 0. The lowest BCUT2D eigenvalue weighted by molar-refractivity contribution is -0.385. The number of halogens is 2. The Bertz CT molecular complexity index is 419. The molecule has 0 saturated heterocycles. The van der Waals surface area contributed by atoms with Gasteiger partial charge in [0.1, 0.15) is 5.56 Å². The molecule has 0 radical (unpaired) electrons. The normalized spacial score (nSPS) is 9.93. The first-order valence-electron chi connectivity index (χ1n) is 3.58. The molecule has 14 heavy (non-hydrogen) atoms. The van der Waals surface area contributed by atoms with Gasteiger partial charge < -0.3 is 0 Å². The summed E-state index contributed by atoms with van der Waals surface area (Å²) in [7, 11) is 0. The Morgan fingerprint density at radius 3 is 2.57 bits per heavy atom. The number of hydrogen-bond donors (Lipinski definition) is 0. The van der Waals surface area contributed by atoms with Gasteiger partial charge in [-0.1, -0.05) is 15.9 Å². The van der Waals surface area contributed by atoms with E-state index in [2.05, 4.69) is 15.9 Å². The van der Waals surface area contributed by atoms with Crippen molar-refractivity contribution in [2.24, 2.45) is 0 Å². The molecule has 6 heteroatoms. The third kappa shape index (κ3) is 1.93. The van der Waals surface area contributed by atoms with E-state index >= 15 is 0 Å². The molecule has 1 rings (SSSR count). The lowest BCUT2D eigenvalue weighted by atomic mass is 10.1. The van der Waals surface area contributed by atoms with Crippen LogP contribution < -0.4 is 0 Å². The van der Waals surface area contributed by atoms with E-state index in [1.807, 2.05) is 0 Å². The molecule has 0 unspecified atom stereocenters. The number of nitro benzene ring substituents is 1. The topological polar surface area (TPSA) is 60.2 Å². The van der Waals surface area contributed by atoms with Crippen LogP contribution >= 0.6 is 27.5 Å². The van der Waals surface area contributed by atoms with Gasteiger partial charge in [0.2, 0.25) is 0 Å².